The molecule has 1 N–H and O–H groups in total. The Balaban J connectivity index is 2.09. The smallest absolute Gasteiger partial charge is 0.241 e. The fraction of sp³-hybridized carbons (Fsp3) is 0.933. The molecule has 1 saturated carbocycles. The molecule has 4 nitrogen and oxygen atoms in total. The molecule has 20 heavy (non-hydrogen) atoms. The van der Waals surface area contributed by atoms with Gasteiger partial charge in [0.2, 0.25) is 5.91 Å². The number of rotatable bonds is 6. The molecule has 1 aliphatic carbocycles. The van der Waals surface area contributed by atoms with Crippen LogP contribution in [0.5, 0.6) is 0 Å². The third-order valence-corrected chi connectivity index (χ3v) is 6.02. The molecule has 1 saturated heterocycles. The predicted octanol–water partition coefficient (Wildman–Crippen LogP) is 1.87. The van der Waals surface area contributed by atoms with E-state index in [4.69, 9.17) is 0 Å². The molecular formula is C15H28N2O2S. The van der Waals surface area contributed by atoms with Gasteiger partial charge in [0.1, 0.15) is 0 Å². The molecule has 4 unspecified atom stereocenters. The van der Waals surface area contributed by atoms with Crippen molar-refractivity contribution >= 4 is 16.7 Å². The monoisotopic (exact) mass is 300 g/mol. The van der Waals surface area contributed by atoms with Crippen LogP contribution in [0.3, 0.4) is 0 Å². The zero-order valence-electron chi connectivity index (χ0n) is 12.9. The number of carbonyl (C=O) groups excluding carboxylic acids is 1. The Labute approximate surface area is 125 Å². The van der Waals surface area contributed by atoms with Gasteiger partial charge in [-0.15, -0.1) is 0 Å². The molecule has 4 atom stereocenters. The molecule has 1 heterocycles. The lowest BCUT2D eigenvalue weighted by atomic mass is 10.0. The minimum atomic E-state index is -0.874. The van der Waals surface area contributed by atoms with Crippen LogP contribution in [0.2, 0.25) is 0 Å². The maximum atomic E-state index is 12.6. The third kappa shape index (κ3) is 3.42. The normalized spacial score (nSPS) is 30.9. The summed E-state index contributed by atoms with van der Waals surface area (Å²) in [4.78, 5) is 14.6. The largest absolute Gasteiger partial charge is 0.324 e. The molecular weight excluding hydrogens is 272 g/mol. The summed E-state index contributed by atoms with van der Waals surface area (Å²) < 4.78 is 11.6. The number of amides is 1. The van der Waals surface area contributed by atoms with E-state index in [1.807, 2.05) is 11.8 Å². The zero-order chi connectivity index (χ0) is 14.7. The van der Waals surface area contributed by atoms with E-state index in [0.717, 1.165) is 12.8 Å². The Morgan fingerprint density at radius 2 is 2.05 bits per heavy atom. The first-order valence-corrected chi connectivity index (χ1v) is 9.55. The molecule has 5 heteroatoms. The second-order valence-electron chi connectivity index (χ2n) is 6.30. The Morgan fingerprint density at radius 3 is 2.60 bits per heavy atom. The lowest BCUT2D eigenvalue weighted by Crippen LogP contribution is -2.45. The molecule has 0 radical (unpaired) electrons. The molecule has 1 aliphatic heterocycles. The molecule has 0 aromatic carbocycles. The van der Waals surface area contributed by atoms with Crippen LogP contribution in [-0.2, 0) is 15.6 Å². The Morgan fingerprint density at radius 1 is 1.40 bits per heavy atom. The van der Waals surface area contributed by atoms with Gasteiger partial charge in [0.15, 0.2) is 0 Å². The summed E-state index contributed by atoms with van der Waals surface area (Å²) in [7, 11) is -0.874. The first-order valence-electron chi connectivity index (χ1n) is 7.93. The summed E-state index contributed by atoms with van der Waals surface area (Å²) in [6, 6.07) is -0.0249. The van der Waals surface area contributed by atoms with Crippen LogP contribution < -0.4 is 5.32 Å². The summed E-state index contributed by atoms with van der Waals surface area (Å²) in [5.41, 5.74) is 0. The zero-order valence-corrected chi connectivity index (χ0v) is 13.7. The second kappa shape index (κ2) is 7.03. The van der Waals surface area contributed by atoms with E-state index in [1.165, 1.54) is 25.7 Å². The number of hydrogen-bond donors (Lipinski definition) is 1. The van der Waals surface area contributed by atoms with Crippen molar-refractivity contribution in [3.63, 3.8) is 0 Å². The molecule has 0 spiro atoms. The van der Waals surface area contributed by atoms with E-state index in [2.05, 4.69) is 12.2 Å². The van der Waals surface area contributed by atoms with Gasteiger partial charge in [-0.25, -0.2) is 0 Å². The first kappa shape index (κ1) is 16.0. The van der Waals surface area contributed by atoms with E-state index in [0.29, 0.717) is 12.5 Å². The second-order valence-corrected chi connectivity index (χ2v) is 8.10. The van der Waals surface area contributed by atoms with E-state index in [9.17, 15) is 9.00 Å². The average molecular weight is 300 g/mol. The van der Waals surface area contributed by atoms with E-state index in [1.54, 1.807) is 6.26 Å². The third-order valence-electron chi connectivity index (χ3n) is 4.73. The molecule has 0 aromatic heterocycles. The van der Waals surface area contributed by atoms with Gasteiger partial charge in [-0.05, 0) is 32.1 Å². The first-order chi connectivity index (χ1) is 9.54. The van der Waals surface area contributed by atoms with Gasteiger partial charge in [-0.3, -0.25) is 14.3 Å². The average Bonchev–Trinajstić information content (AvgIpc) is 3.02. The minimum Gasteiger partial charge on any atom is -0.324 e. The van der Waals surface area contributed by atoms with E-state index in [-0.39, 0.29) is 23.4 Å². The standard InChI is InChI=1S/C15H28N2O2S/c1-4-7-13-15(18)17(10-11(2)20(3)19)14(16-13)12-8-5-6-9-12/h11-14,16H,4-10H2,1-3H3. The molecule has 1 amide bonds. The topological polar surface area (TPSA) is 49.4 Å². The summed E-state index contributed by atoms with van der Waals surface area (Å²) in [5, 5.41) is 3.60. The van der Waals surface area contributed by atoms with Crippen LogP contribution in [0.1, 0.15) is 52.4 Å². The molecule has 0 aromatic rings. The van der Waals surface area contributed by atoms with Gasteiger partial charge >= 0.3 is 0 Å². The highest BCUT2D eigenvalue weighted by atomic mass is 32.2. The molecule has 116 valence electrons. The SMILES string of the molecule is CCCC1NC(C2CCCC2)N(CC(C)S(C)=O)C1=O. The van der Waals surface area contributed by atoms with Gasteiger partial charge < -0.3 is 4.90 Å². The van der Waals surface area contributed by atoms with Crippen LogP contribution in [0.4, 0.5) is 0 Å². The molecule has 2 aliphatic rings. The lowest BCUT2D eigenvalue weighted by Gasteiger charge is -2.30. The minimum absolute atomic E-state index is 0.0249. The Bertz CT molecular complexity index is 369. The fourth-order valence-corrected chi connectivity index (χ4v) is 3.82. The lowest BCUT2D eigenvalue weighted by molar-refractivity contribution is -0.130. The van der Waals surface area contributed by atoms with Gasteiger partial charge in [-0.2, -0.15) is 0 Å². The fourth-order valence-electron chi connectivity index (χ4n) is 3.45. The molecule has 0 bridgehead atoms. The van der Waals surface area contributed by atoms with Crippen LogP contribution in [0, 0.1) is 5.92 Å². The summed E-state index contributed by atoms with van der Waals surface area (Å²) in [6.45, 7) is 4.71. The van der Waals surface area contributed by atoms with Gasteiger partial charge in [0, 0.05) is 28.9 Å². The Kier molecular flexibility index (Phi) is 5.61. The summed E-state index contributed by atoms with van der Waals surface area (Å²) in [5.74, 6) is 0.805. The highest BCUT2D eigenvalue weighted by Gasteiger charge is 2.43. The number of nitrogens with zero attached hydrogens (tertiary/aromatic N) is 1. The predicted molar refractivity (Wildman–Crippen MR) is 82.8 cm³/mol. The molecule has 2 rings (SSSR count). The van der Waals surface area contributed by atoms with Gasteiger partial charge in [0.25, 0.3) is 0 Å². The quantitative estimate of drug-likeness (QED) is 0.815. The van der Waals surface area contributed by atoms with Crippen LogP contribution >= 0.6 is 0 Å². The highest BCUT2D eigenvalue weighted by molar-refractivity contribution is 7.84. The van der Waals surface area contributed by atoms with E-state index >= 15 is 0 Å². The highest BCUT2D eigenvalue weighted by Crippen LogP contribution is 2.32. The van der Waals surface area contributed by atoms with Crippen LogP contribution in [0.15, 0.2) is 0 Å². The van der Waals surface area contributed by atoms with Crippen molar-refractivity contribution in [3.8, 4) is 0 Å². The van der Waals surface area contributed by atoms with Crippen molar-refractivity contribution in [2.75, 3.05) is 12.8 Å². The molecule has 2 fully saturated rings. The van der Waals surface area contributed by atoms with Crippen molar-refractivity contribution in [1.29, 1.82) is 0 Å². The Hall–Kier alpha value is -0.420. The van der Waals surface area contributed by atoms with Crippen molar-refractivity contribution in [1.82, 2.24) is 10.2 Å². The maximum absolute atomic E-state index is 12.6. The van der Waals surface area contributed by atoms with E-state index < -0.39 is 10.8 Å². The van der Waals surface area contributed by atoms with Crippen LogP contribution in [-0.4, -0.2) is 45.3 Å². The number of nitrogens with one attached hydrogen (secondary N) is 1. The van der Waals surface area contributed by atoms with Crippen molar-refractivity contribution in [2.45, 2.75) is 69.8 Å². The van der Waals surface area contributed by atoms with Gasteiger partial charge in [-0.1, -0.05) is 26.2 Å². The summed E-state index contributed by atoms with van der Waals surface area (Å²) in [6.07, 6.45) is 8.80. The van der Waals surface area contributed by atoms with Gasteiger partial charge in [0.05, 0.1) is 12.2 Å². The van der Waals surface area contributed by atoms with Crippen molar-refractivity contribution < 1.29 is 9.00 Å². The maximum Gasteiger partial charge on any atom is 0.241 e. The number of hydrogen-bond acceptors (Lipinski definition) is 3. The summed E-state index contributed by atoms with van der Waals surface area (Å²) >= 11 is 0. The van der Waals surface area contributed by atoms with Crippen molar-refractivity contribution in [2.24, 2.45) is 5.92 Å². The van der Waals surface area contributed by atoms with Crippen LogP contribution in [0.25, 0.3) is 0 Å². The number of carbonyl (C=O) groups is 1. The van der Waals surface area contributed by atoms with Crippen molar-refractivity contribution in [3.05, 3.63) is 0 Å².